The van der Waals surface area contributed by atoms with Gasteiger partial charge in [-0.2, -0.15) is 0 Å². The summed E-state index contributed by atoms with van der Waals surface area (Å²) in [6.45, 7) is 6.34. The van der Waals surface area contributed by atoms with E-state index in [1.165, 1.54) is 11.1 Å². The fourth-order valence-corrected chi connectivity index (χ4v) is 2.85. The normalized spacial score (nSPS) is 14.3. The van der Waals surface area contributed by atoms with Crippen molar-refractivity contribution in [2.45, 2.75) is 39.7 Å². The van der Waals surface area contributed by atoms with Gasteiger partial charge in [0.05, 0.1) is 12.6 Å². The molecule has 0 bridgehead atoms. The van der Waals surface area contributed by atoms with Crippen LogP contribution in [0.2, 0.25) is 0 Å². The molecule has 3 rings (SSSR count). The average Bonchev–Trinajstić information content (AvgIpc) is 3.48. The smallest absolute Gasteiger partial charge is 0.239 e. The number of carbonyl (C=O) groups excluding carboxylic acids is 2. The molecule has 27 heavy (non-hydrogen) atoms. The van der Waals surface area contributed by atoms with Crippen LogP contribution in [0.25, 0.3) is 0 Å². The van der Waals surface area contributed by atoms with Crippen molar-refractivity contribution in [3.8, 4) is 0 Å². The molecule has 1 saturated carbocycles. The second kappa shape index (κ2) is 8.25. The van der Waals surface area contributed by atoms with Gasteiger partial charge in [0.25, 0.3) is 0 Å². The molecule has 0 saturated heterocycles. The lowest BCUT2D eigenvalue weighted by atomic mass is 10.0. The van der Waals surface area contributed by atoms with E-state index in [9.17, 15) is 9.59 Å². The van der Waals surface area contributed by atoms with Crippen LogP contribution in [0.15, 0.2) is 42.5 Å². The van der Waals surface area contributed by atoms with E-state index >= 15 is 0 Å². The average molecular weight is 365 g/mol. The molecule has 1 atom stereocenters. The van der Waals surface area contributed by atoms with Gasteiger partial charge in [-0.05, 0) is 74.6 Å². The third-order valence-corrected chi connectivity index (χ3v) is 4.96. The van der Waals surface area contributed by atoms with Crippen LogP contribution >= 0.6 is 0 Å². The van der Waals surface area contributed by atoms with Crippen molar-refractivity contribution in [2.24, 2.45) is 5.92 Å². The fraction of sp³-hybridized carbons (Fsp3) is 0.364. The molecular weight excluding hydrogens is 338 g/mol. The molecule has 0 heterocycles. The number of aryl methyl sites for hydroxylation is 2. The van der Waals surface area contributed by atoms with Crippen LogP contribution in [-0.2, 0) is 9.59 Å². The van der Waals surface area contributed by atoms with Crippen LogP contribution in [0, 0.1) is 19.8 Å². The first kappa shape index (κ1) is 19.0. The number of benzene rings is 2. The molecule has 3 N–H and O–H groups in total. The topological polar surface area (TPSA) is 70.2 Å². The third-order valence-electron chi connectivity index (χ3n) is 4.96. The molecule has 0 spiro atoms. The number of hydrogen-bond donors (Lipinski definition) is 3. The standard InChI is InChI=1S/C22H27N3O2/c1-14-4-5-18(12-15(14)2)16(3)24-21(26)13-23-19-8-10-20(11-9-19)25-22(27)17-6-7-17/h4-5,8-12,16-17,23H,6-7,13H2,1-3H3,(H,24,26)(H,25,27). The molecule has 1 fully saturated rings. The minimum Gasteiger partial charge on any atom is -0.376 e. The first-order valence-corrected chi connectivity index (χ1v) is 9.43. The summed E-state index contributed by atoms with van der Waals surface area (Å²) in [6, 6.07) is 13.6. The molecule has 142 valence electrons. The van der Waals surface area contributed by atoms with Gasteiger partial charge in [0, 0.05) is 17.3 Å². The largest absolute Gasteiger partial charge is 0.376 e. The second-order valence-corrected chi connectivity index (χ2v) is 7.33. The van der Waals surface area contributed by atoms with Gasteiger partial charge >= 0.3 is 0 Å². The van der Waals surface area contributed by atoms with Crippen LogP contribution in [-0.4, -0.2) is 18.4 Å². The van der Waals surface area contributed by atoms with E-state index in [2.05, 4.69) is 48.0 Å². The molecule has 1 unspecified atom stereocenters. The lowest BCUT2D eigenvalue weighted by Gasteiger charge is -2.16. The van der Waals surface area contributed by atoms with E-state index < -0.39 is 0 Å². The Bertz CT molecular complexity index is 826. The maximum atomic E-state index is 12.2. The van der Waals surface area contributed by atoms with Crippen LogP contribution < -0.4 is 16.0 Å². The third kappa shape index (κ3) is 5.33. The van der Waals surface area contributed by atoms with Gasteiger partial charge in [0.1, 0.15) is 0 Å². The highest BCUT2D eigenvalue weighted by Crippen LogP contribution is 2.30. The molecule has 2 aromatic rings. The SMILES string of the molecule is Cc1ccc(C(C)NC(=O)CNc2ccc(NC(=O)C3CC3)cc2)cc1C. The number of carbonyl (C=O) groups is 2. The maximum Gasteiger partial charge on any atom is 0.239 e. The summed E-state index contributed by atoms with van der Waals surface area (Å²) in [5.74, 6) is 0.216. The highest BCUT2D eigenvalue weighted by atomic mass is 16.2. The Morgan fingerprint density at radius 1 is 1.00 bits per heavy atom. The van der Waals surface area contributed by atoms with Crippen molar-refractivity contribution < 1.29 is 9.59 Å². The van der Waals surface area contributed by atoms with Gasteiger partial charge in [-0.3, -0.25) is 9.59 Å². The van der Waals surface area contributed by atoms with Gasteiger partial charge < -0.3 is 16.0 Å². The Morgan fingerprint density at radius 2 is 1.67 bits per heavy atom. The molecule has 0 aliphatic heterocycles. The van der Waals surface area contributed by atoms with E-state index in [-0.39, 0.29) is 30.3 Å². The second-order valence-electron chi connectivity index (χ2n) is 7.33. The molecule has 1 aliphatic rings. The number of hydrogen-bond acceptors (Lipinski definition) is 3. The highest BCUT2D eigenvalue weighted by molar-refractivity contribution is 5.94. The molecule has 5 nitrogen and oxygen atoms in total. The van der Waals surface area contributed by atoms with Crippen molar-refractivity contribution in [3.63, 3.8) is 0 Å². The van der Waals surface area contributed by atoms with Crippen molar-refractivity contribution in [1.29, 1.82) is 0 Å². The predicted molar refractivity (Wildman–Crippen MR) is 109 cm³/mol. The molecule has 2 aromatic carbocycles. The number of amides is 2. The van der Waals surface area contributed by atoms with Crippen LogP contribution in [0.5, 0.6) is 0 Å². The summed E-state index contributed by atoms with van der Waals surface area (Å²) < 4.78 is 0. The van der Waals surface area contributed by atoms with Crippen LogP contribution in [0.1, 0.15) is 42.5 Å². The van der Waals surface area contributed by atoms with Crippen molar-refractivity contribution in [1.82, 2.24) is 5.32 Å². The molecule has 0 radical (unpaired) electrons. The quantitative estimate of drug-likeness (QED) is 0.696. The molecule has 1 aliphatic carbocycles. The minimum absolute atomic E-state index is 0.0430. The van der Waals surface area contributed by atoms with Crippen molar-refractivity contribution in [3.05, 3.63) is 59.2 Å². The van der Waals surface area contributed by atoms with E-state index in [1.807, 2.05) is 31.2 Å². The lowest BCUT2D eigenvalue weighted by molar-refractivity contribution is -0.120. The Hall–Kier alpha value is -2.82. The van der Waals surface area contributed by atoms with E-state index in [0.29, 0.717) is 0 Å². The van der Waals surface area contributed by atoms with Gasteiger partial charge in [-0.15, -0.1) is 0 Å². The zero-order valence-electron chi connectivity index (χ0n) is 16.1. The molecule has 5 heteroatoms. The summed E-state index contributed by atoms with van der Waals surface area (Å²) in [4.78, 5) is 24.0. The predicted octanol–water partition coefficient (Wildman–Crippen LogP) is 3.94. The summed E-state index contributed by atoms with van der Waals surface area (Å²) >= 11 is 0. The minimum atomic E-state index is -0.0631. The number of nitrogens with one attached hydrogen (secondary N) is 3. The zero-order valence-corrected chi connectivity index (χ0v) is 16.1. The van der Waals surface area contributed by atoms with Crippen LogP contribution in [0.4, 0.5) is 11.4 Å². The Labute approximate surface area is 160 Å². The fourth-order valence-electron chi connectivity index (χ4n) is 2.85. The first-order chi connectivity index (χ1) is 12.9. The highest BCUT2D eigenvalue weighted by Gasteiger charge is 2.29. The van der Waals surface area contributed by atoms with Gasteiger partial charge in [0.2, 0.25) is 11.8 Å². The number of rotatable bonds is 7. The molecule has 0 aromatic heterocycles. The molecular formula is C22H27N3O2. The summed E-state index contributed by atoms with van der Waals surface area (Å²) in [5.41, 5.74) is 5.19. The Morgan fingerprint density at radius 3 is 2.30 bits per heavy atom. The first-order valence-electron chi connectivity index (χ1n) is 9.43. The summed E-state index contributed by atoms with van der Waals surface area (Å²) in [5, 5.41) is 9.03. The summed E-state index contributed by atoms with van der Waals surface area (Å²) in [6.07, 6.45) is 1.97. The Kier molecular flexibility index (Phi) is 5.79. The van der Waals surface area contributed by atoms with Gasteiger partial charge in [-0.1, -0.05) is 18.2 Å². The van der Waals surface area contributed by atoms with Crippen molar-refractivity contribution >= 4 is 23.2 Å². The lowest BCUT2D eigenvalue weighted by Crippen LogP contribution is -2.32. The van der Waals surface area contributed by atoms with Gasteiger partial charge in [-0.25, -0.2) is 0 Å². The molecule has 2 amide bonds. The van der Waals surface area contributed by atoms with E-state index in [4.69, 9.17) is 0 Å². The monoisotopic (exact) mass is 365 g/mol. The summed E-state index contributed by atoms with van der Waals surface area (Å²) in [7, 11) is 0. The maximum absolute atomic E-state index is 12.2. The number of anilines is 2. The van der Waals surface area contributed by atoms with Gasteiger partial charge in [0.15, 0.2) is 0 Å². The zero-order chi connectivity index (χ0) is 19.4. The Balaban J connectivity index is 1.46. The van der Waals surface area contributed by atoms with E-state index in [0.717, 1.165) is 29.8 Å². The van der Waals surface area contributed by atoms with E-state index in [1.54, 1.807) is 0 Å². The van der Waals surface area contributed by atoms with Crippen molar-refractivity contribution in [2.75, 3.05) is 17.2 Å². The van der Waals surface area contributed by atoms with Crippen LogP contribution in [0.3, 0.4) is 0 Å².